The maximum atomic E-state index is 8.72. The summed E-state index contributed by atoms with van der Waals surface area (Å²) in [6.07, 6.45) is 1.61. The maximum Gasteiger partial charge on any atom is 0.129 e. The summed E-state index contributed by atoms with van der Waals surface area (Å²) in [5, 5.41) is 8.72. The molecule has 1 aromatic heterocycles. The number of ether oxygens (including phenoxy) is 1. The fraction of sp³-hybridized carbons (Fsp3) is 0.500. The molecule has 0 atom stereocenters. The molecule has 1 saturated heterocycles. The van der Waals surface area contributed by atoms with Gasteiger partial charge in [-0.3, -0.25) is 0 Å². The number of hydrogen-bond acceptors (Lipinski definition) is 4. The Morgan fingerprint density at radius 2 is 2.31 bits per heavy atom. The van der Waals surface area contributed by atoms with Gasteiger partial charge in [-0.1, -0.05) is 0 Å². The van der Waals surface area contributed by atoms with E-state index in [-0.39, 0.29) is 5.54 Å². The van der Waals surface area contributed by atoms with Gasteiger partial charge in [-0.05, 0) is 26.0 Å². The topological polar surface area (TPSA) is 49.1 Å². The highest BCUT2D eigenvalue weighted by Crippen LogP contribution is 2.24. The van der Waals surface area contributed by atoms with Gasteiger partial charge >= 0.3 is 0 Å². The molecule has 0 N–H and O–H groups in total. The van der Waals surface area contributed by atoms with Crippen molar-refractivity contribution in [2.45, 2.75) is 19.4 Å². The van der Waals surface area contributed by atoms with Crippen molar-refractivity contribution in [2.75, 3.05) is 24.7 Å². The largest absolute Gasteiger partial charge is 0.377 e. The number of nitriles is 1. The lowest BCUT2D eigenvalue weighted by atomic mass is 10.0. The Kier molecular flexibility index (Phi) is 2.80. The normalized spacial score (nSPS) is 19.2. The van der Waals surface area contributed by atoms with Crippen LogP contribution in [-0.2, 0) is 4.74 Å². The Balaban J connectivity index is 2.25. The van der Waals surface area contributed by atoms with E-state index in [0.29, 0.717) is 12.2 Å². The number of hydrogen-bond donors (Lipinski definition) is 0. The van der Waals surface area contributed by atoms with Crippen LogP contribution in [0.5, 0.6) is 0 Å². The third kappa shape index (κ3) is 2.00. The lowest BCUT2D eigenvalue weighted by molar-refractivity contribution is 0.0639. The van der Waals surface area contributed by atoms with Crippen molar-refractivity contribution in [1.29, 1.82) is 5.26 Å². The van der Waals surface area contributed by atoms with Gasteiger partial charge in [-0.2, -0.15) is 5.26 Å². The zero-order valence-electron chi connectivity index (χ0n) is 9.60. The molecule has 0 aliphatic carbocycles. The molecule has 0 amide bonds. The third-order valence-electron chi connectivity index (χ3n) is 2.80. The first kappa shape index (κ1) is 10.9. The molecule has 84 valence electrons. The fourth-order valence-corrected chi connectivity index (χ4v) is 1.89. The van der Waals surface area contributed by atoms with Gasteiger partial charge in [0.05, 0.1) is 24.3 Å². The number of pyridine rings is 1. The van der Waals surface area contributed by atoms with E-state index in [4.69, 9.17) is 10.00 Å². The van der Waals surface area contributed by atoms with Crippen molar-refractivity contribution in [3.05, 3.63) is 23.9 Å². The van der Waals surface area contributed by atoms with Crippen LogP contribution in [0.2, 0.25) is 0 Å². The molecule has 16 heavy (non-hydrogen) atoms. The Bertz CT molecular complexity index is 405. The highest BCUT2D eigenvalue weighted by atomic mass is 16.5. The predicted octanol–water partition coefficient (Wildman–Crippen LogP) is 1.57. The lowest BCUT2D eigenvalue weighted by Crippen LogP contribution is -2.53. The summed E-state index contributed by atoms with van der Waals surface area (Å²) < 4.78 is 5.46. The molecule has 4 heteroatoms. The Morgan fingerprint density at radius 1 is 1.50 bits per heavy atom. The molecule has 1 fully saturated rings. The quantitative estimate of drug-likeness (QED) is 0.716. The van der Waals surface area contributed by atoms with Crippen LogP contribution in [0.25, 0.3) is 0 Å². The Morgan fingerprint density at radius 3 is 2.88 bits per heavy atom. The minimum Gasteiger partial charge on any atom is -0.377 e. The molecule has 0 aromatic carbocycles. The van der Waals surface area contributed by atoms with E-state index in [9.17, 15) is 0 Å². The first-order chi connectivity index (χ1) is 7.63. The van der Waals surface area contributed by atoms with E-state index in [0.717, 1.165) is 19.0 Å². The van der Waals surface area contributed by atoms with Gasteiger partial charge in [0.15, 0.2) is 0 Å². The molecule has 1 aromatic rings. The first-order valence-electron chi connectivity index (χ1n) is 5.35. The highest BCUT2D eigenvalue weighted by Gasteiger charge is 2.31. The average molecular weight is 217 g/mol. The smallest absolute Gasteiger partial charge is 0.129 e. The van der Waals surface area contributed by atoms with Crippen molar-refractivity contribution in [3.63, 3.8) is 0 Å². The van der Waals surface area contributed by atoms with Gasteiger partial charge in [0.25, 0.3) is 0 Å². The molecular weight excluding hydrogens is 202 g/mol. The number of nitrogens with zero attached hydrogens (tertiary/aromatic N) is 3. The monoisotopic (exact) mass is 217 g/mol. The van der Waals surface area contributed by atoms with Gasteiger partial charge in [0.2, 0.25) is 0 Å². The Labute approximate surface area is 95.5 Å². The molecule has 1 aliphatic heterocycles. The predicted molar refractivity (Wildman–Crippen MR) is 61.2 cm³/mol. The van der Waals surface area contributed by atoms with Crippen LogP contribution in [0, 0.1) is 11.3 Å². The van der Waals surface area contributed by atoms with Crippen LogP contribution in [-0.4, -0.2) is 30.3 Å². The summed E-state index contributed by atoms with van der Waals surface area (Å²) in [7, 11) is 0. The van der Waals surface area contributed by atoms with Crippen molar-refractivity contribution in [2.24, 2.45) is 0 Å². The van der Waals surface area contributed by atoms with Gasteiger partial charge in [0.1, 0.15) is 11.9 Å². The number of morpholine rings is 1. The second-order valence-corrected chi connectivity index (χ2v) is 4.53. The lowest BCUT2D eigenvalue weighted by Gasteiger charge is -2.42. The summed E-state index contributed by atoms with van der Waals surface area (Å²) in [5.41, 5.74) is 0.550. The molecule has 0 radical (unpaired) electrons. The number of anilines is 1. The second-order valence-electron chi connectivity index (χ2n) is 4.53. The van der Waals surface area contributed by atoms with Crippen LogP contribution >= 0.6 is 0 Å². The van der Waals surface area contributed by atoms with E-state index in [1.807, 2.05) is 6.07 Å². The van der Waals surface area contributed by atoms with Crippen molar-refractivity contribution >= 4 is 5.82 Å². The van der Waals surface area contributed by atoms with Crippen LogP contribution < -0.4 is 4.90 Å². The minimum absolute atomic E-state index is 0.0423. The van der Waals surface area contributed by atoms with Crippen molar-refractivity contribution in [3.8, 4) is 6.07 Å². The van der Waals surface area contributed by atoms with E-state index < -0.39 is 0 Å². The standard InChI is InChI=1S/C12H15N3O/c1-12(2)9-16-6-5-15(12)11-4-3-10(7-13)8-14-11/h3-4,8H,5-6,9H2,1-2H3. The second kappa shape index (κ2) is 4.11. The molecule has 0 spiro atoms. The van der Waals surface area contributed by atoms with Crippen LogP contribution in [0.1, 0.15) is 19.4 Å². The fourth-order valence-electron chi connectivity index (χ4n) is 1.89. The SMILES string of the molecule is CC1(C)COCCN1c1ccc(C#N)cn1. The molecule has 2 rings (SSSR count). The van der Waals surface area contributed by atoms with Gasteiger partial charge < -0.3 is 9.64 Å². The maximum absolute atomic E-state index is 8.72. The summed E-state index contributed by atoms with van der Waals surface area (Å²) in [5.74, 6) is 0.910. The molecule has 2 heterocycles. The van der Waals surface area contributed by atoms with Crippen molar-refractivity contribution in [1.82, 2.24) is 4.98 Å². The third-order valence-corrected chi connectivity index (χ3v) is 2.80. The number of rotatable bonds is 1. The van der Waals surface area contributed by atoms with Gasteiger partial charge in [-0.25, -0.2) is 4.98 Å². The zero-order chi connectivity index (χ0) is 11.6. The molecular formula is C12H15N3O. The minimum atomic E-state index is -0.0423. The molecule has 0 unspecified atom stereocenters. The van der Waals surface area contributed by atoms with E-state index >= 15 is 0 Å². The summed E-state index contributed by atoms with van der Waals surface area (Å²) in [6.45, 7) is 6.53. The Hall–Kier alpha value is -1.60. The summed E-state index contributed by atoms with van der Waals surface area (Å²) >= 11 is 0. The van der Waals surface area contributed by atoms with E-state index in [2.05, 4.69) is 29.8 Å². The molecule has 4 nitrogen and oxygen atoms in total. The van der Waals surface area contributed by atoms with Crippen molar-refractivity contribution < 1.29 is 4.74 Å². The van der Waals surface area contributed by atoms with E-state index in [1.54, 1.807) is 12.3 Å². The van der Waals surface area contributed by atoms with Crippen LogP contribution in [0.3, 0.4) is 0 Å². The van der Waals surface area contributed by atoms with E-state index in [1.165, 1.54) is 0 Å². The van der Waals surface area contributed by atoms with Crippen LogP contribution in [0.15, 0.2) is 18.3 Å². The number of aromatic nitrogens is 1. The summed E-state index contributed by atoms with van der Waals surface area (Å²) in [6, 6.07) is 5.77. The molecule has 1 aliphatic rings. The average Bonchev–Trinajstić information content (AvgIpc) is 2.29. The molecule has 0 bridgehead atoms. The van der Waals surface area contributed by atoms with Crippen LogP contribution in [0.4, 0.5) is 5.82 Å². The summed E-state index contributed by atoms with van der Waals surface area (Å²) in [4.78, 5) is 6.54. The zero-order valence-corrected chi connectivity index (χ0v) is 9.60. The molecule has 0 saturated carbocycles. The van der Waals surface area contributed by atoms with Gasteiger partial charge in [0, 0.05) is 12.7 Å². The first-order valence-corrected chi connectivity index (χ1v) is 5.35. The van der Waals surface area contributed by atoms with Gasteiger partial charge in [-0.15, -0.1) is 0 Å². The highest BCUT2D eigenvalue weighted by molar-refractivity contribution is 5.44.